The molecular formula is C13H25N3O. The molecule has 4 heteroatoms. The number of nitrogens with zero attached hydrogens (tertiary/aromatic N) is 2. The average Bonchev–Trinajstić information content (AvgIpc) is 2.75. The Morgan fingerprint density at radius 3 is 3.00 bits per heavy atom. The molecule has 0 bridgehead atoms. The van der Waals surface area contributed by atoms with Crippen LogP contribution in [-0.2, 0) is 4.79 Å². The Hall–Kier alpha value is -0.610. The average molecular weight is 239 g/mol. The minimum Gasteiger partial charge on any atom is -0.337 e. The maximum absolute atomic E-state index is 12.1. The van der Waals surface area contributed by atoms with Crippen molar-refractivity contribution >= 4 is 5.91 Å². The van der Waals surface area contributed by atoms with E-state index >= 15 is 0 Å². The van der Waals surface area contributed by atoms with Gasteiger partial charge in [0.25, 0.3) is 0 Å². The van der Waals surface area contributed by atoms with Crippen molar-refractivity contribution in [2.45, 2.75) is 45.2 Å². The van der Waals surface area contributed by atoms with E-state index in [1.54, 1.807) is 0 Å². The number of hydrogen-bond donors (Lipinski definition) is 1. The summed E-state index contributed by atoms with van der Waals surface area (Å²) in [5, 5.41) is 3.22. The highest BCUT2D eigenvalue weighted by molar-refractivity contribution is 5.77. The fourth-order valence-corrected chi connectivity index (χ4v) is 3.05. The lowest BCUT2D eigenvalue weighted by Crippen LogP contribution is -2.57. The summed E-state index contributed by atoms with van der Waals surface area (Å²) in [5.74, 6) is 0.324. The molecule has 2 unspecified atom stereocenters. The molecule has 2 heterocycles. The summed E-state index contributed by atoms with van der Waals surface area (Å²) in [6.45, 7) is 9.26. The third kappa shape index (κ3) is 2.99. The molecule has 1 N–H and O–H groups in total. The number of fused-ring (bicyclic) bond motifs is 1. The summed E-state index contributed by atoms with van der Waals surface area (Å²) < 4.78 is 0. The molecule has 1 amide bonds. The molecule has 0 aliphatic carbocycles. The molecule has 2 atom stereocenters. The van der Waals surface area contributed by atoms with Crippen molar-refractivity contribution in [3.63, 3.8) is 0 Å². The number of hydrogen-bond acceptors (Lipinski definition) is 3. The molecule has 0 aromatic rings. The number of carbonyl (C=O) groups excluding carboxylic acids is 1. The Morgan fingerprint density at radius 2 is 2.24 bits per heavy atom. The topological polar surface area (TPSA) is 35.6 Å². The van der Waals surface area contributed by atoms with Crippen LogP contribution in [0.2, 0.25) is 0 Å². The second-order valence-corrected chi connectivity index (χ2v) is 5.29. The van der Waals surface area contributed by atoms with Crippen LogP contribution in [0.5, 0.6) is 0 Å². The number of piperazine rings is 1. The van der Waals surface area contributed by atoms with Gasteiger partial charge in [-0.05, 0) is 32.9 Å². The van der Waals surface area contributed by atoms with E-state index in [1.807, 2.05) is 0 Å². The number of carbonyl (C=O) groups is 1. The second kappa shape index (κ2) is 5.83. The molecule has 0 aromatic heterocycles. The fourth-order valence-electron chi connectivity index (χ4n) is 3.05. The molecular weight excluding hydrogens is 214 g/mol. The van der Waals surface area contributed by atoms with E-state index in [1.165, 1.54) is 19.4 Å². The molecule has 0 saturated carbocycles. The van der Waals surface area contributed by atoms with E-state index in [4.69, 9.17) is 0 Å². The van der Waals surface area contributed by atoms with Crippen molar-refractivity contribution in [2.75, 3.05) is 32.7 Å². The lowest BCUT2D eigenvalue weighted by atomic mass is 10.1. The minimum absolute atomic E-state index is 0.324. The predicted molar refractivity (Wildman–Crippen MR) is 68.9 cm³/mol. The maximum Gasteiger partial charge on any atom is 0.224 e. The first-order chi connectivity index (χ1) is 8.22. The zero-order valence-corrected chi connectivity index (χ0v) is 11.1. The molecule has 98 valence electrons. The quantitative estimate of drug-likeness (QED) is 0.733. The third-order valence-electron chi connectivity index (χ3n) is 4.02. The summed E-state index contributed by atoms with van der Waals surface area (Å²) >= 11 is 0. The normalized spacial score (nSPS) is 29.4. The van der Waals surface area contributed by atoms with Crippen LogP contribution in [0.1, 0.15) is 33.1 Å². The predicted octanol–water partition coefficient (Wildman–Crippen LogP) is 0.681. The smallest absolute Gasteiger partial charge is 0.224 e. The Morgan fingerprint density at radius 1 is 1.41 bits per heavy atom. The number of nitrogens with one attached hydrogen (secondary N) is 1. The van der Waals surface area contributed by atoms with Gasteiger partial charge in [-0.1, -0.05) is 6.92 Å². The molecule has 2 aliphatic heterocycles. The summed E-state index contributed by atoms with van der Waals surface area (Å²) in [6.07, 6.45) is 3.21. The van der Waals surface area contributed by atoms with Crippen molar-refractivity contribution in [1.82, 2.24) is 15.1 Å². The first-order valence-electron chi connectivity index (χ1n) is 6.96. The van der Waals surface area contributed by atoms with E-state index in [0.717, 1.165) is 26.2 Å². The van der Waals surface area contributed by atoms with Crippen LogP contribution in [0.15, 0.2) is 0 Å². The van der Waals surface area contributed by atoms with Crippen molar-refractivity contribution < 1.29 is 4.79 Å². The van der Waals surface area contributed by atoms with Crippen LogP contribution in [0.25, 0.3) is 0 Å². The minimum atomic E-state index is 0.324. The molecule has 2 aliphatic rings. The molecule has 0 radical (unpaired) electrons. The molecule has 0 aromatic carbocycles. The highest BCUT2D eigenvalue weighted by Gasteiger charge is 2.35. The molecule has 2 rings (SSSR count). The van der Waals surface area contributed by atoms with Gasteiger partial charge in [-0.2, -0.15) is 0 Å². The van der Waals surface area contributed by atoms with Crippen LogP contribution >= 0.6 is 0 Å². The Balaban J connectivity index is 1.84. The van der Waals surface area contributed by atoms with E-state index in [0.29, 0.717) is 24.4 Å². The van der Waals surface area contributed by atoms with Crippen LogP contribution in [0, 0.1) is 0 Å². The summed E-state index contributed by atoms with van der Waals surface area (Å²) in [7, 11) is 0. The Labute approximate surface area is 104 Å². The first-order valence-corrected chi connectivity index (χ1v) is 6.96. The van der Waals surface area contributed by atoms with Gasteiger partial charge in [0, 0.05) is 38.1 Å². The van der Waals surface area contributed by atoms with Crippen LogP contribution in [0.4, 0.5) is 0 Å². The first kappa shape index (κ1) is 12.8. The lowest BCUT2D eigenvalue weighted by Gasteiger charge is -2.42. The van der Waals surface area contributed by atoms with Crippen molar-refractivity contribution in [2.24, 2.45) is 0 Å². The molecule has 2 fully saturated rings. The van der Waals surface area contributed by atoms with Gasteiger partial charge in [0.2, 0.25) is 5.91 Å². The van der Waals surface area contributed by atoms with Gasteiger partial charge in [0.15, 0.2) is 0 Å². The van der Waals surface area contributed by atoms with E-state index < -0.39 is 0 Å². The highest BCUT2D eigenvalue weighted by atomic mass is 16.2. The van der Waals surface area contributed by atoms with Crippen LogP contribution < -0.4 is 5.32 Å². The monoisotopic (exact) mass is 239 g/mol. The van der Waals surface area contributed by atoms with Gasteiger partial charge in [-0.15, -0.1) is 0 Å². The molecule has 0 spiro atoms. The van der Waals surface area contributed by atoms with Gasteiger partial charge in [0.05, 0.1) is 0 Å². The standard InChI is InChI=1S/C13H25N3O/c1-3-14-7-6-13(17)16-10-12-5-4-8-15(12)9-11(16)2/h11-12,14H,3-10H2,1-2H3. The van der Waals surface area contributed by atoms with Gasteiger partial charge >= 0.3 is 0 Å². The Kier molecular flexibility index (Phi) is 4.40. The largest absolute Gasteiger partial charge is 0.337 e. The molecule has 17 heavy (non-hydrogen) atoms. The summed E-state index contributed by atoms with van der Waals surface area (Å²) in [5.41, 5.74) is 0. The van der Waals surface area contributed by atoms with Gasteiger partial charge in [0.1, 0.15) is 0 Å². The SMILES string of the molecule is CCNCCC(=O)N1CC2CCCN2CC1C. The van der Waals surface area contributed by atoms with Gasteiger partial charge in [-0.25, -0.2) is 0 Å². The fraction of sp³-hybridized carbons (Fsp3) is 0.923. The summed E-state index contributed by atoms with van der Waals surface area (Å²) in [6, 6.07) is 1.02. The van der Waals surface area contributed by atoms with Crippen LogP contribution in [-0.4, -0.2) is 60.5 Å². The lowest BCUT2D eigenvalue weighted by molar-refractivity contribution is -0.136. The third-order valence-corrected chi connectivity index (χ3v) is 4.02. The van der Waals surface area contributed by atoms with E-state index in [9.17, 15) is 4.79 Å². The second-order valence-electron chi connectivity index (χ2n) is 5.29. The number of rotatable bonds is 4. The molecule has 4 nitrogen and oxygen atoms in total. The van der Waals surface area contributed by atoms with Crippen molar-refractivity contribution in [3.05, 3.63) is 0 Å². The zero-order valence-electron chi connectivity index (χ0n) is 11.1. The van der Waals surface area contributed by atoms with Crippen LogP contribution in [0.3, 0.4) is 0 Å². The van der Waals surface area contributed by atoms with Crippen molar-refractivity contribution in [1.29, 1.82) is 0 Å². The number of amides is 1. The highest BCUT2D eigenvalue weighted by Crippen LogP contribution is 2.24. The van der Waals surface area contributed by atoms with E-state index in [2.05, 4.69) is 29.0 Å². The zero-order chi connectivity index (χ0) is 12.3. The van der Waals surface area contributed by atoms with Gasteiger partial charge < -0.3 is 10.2 Å². The van der Waals surface area contributed by atoms with Crippen molar-refractivity contribution in [3.8, 4) is 0 Å². The van der Waals surface area contributed by atoms with Gasteiger partial charge in [-0.3, -0.25) is 9.69 Å². The Bertz CT molecular complexity index is 269. The van der Waals surface area contributed by atoms with E-state index in [-0.39, 0.29) is 0 Å². The molecule has 2 saturated heterocycles. The summed E-state index contributed by atoms with van der Waals surface area (Å²) in [4.78, 5) is 16.8. The maximum atomic E-state index is 12.1.